The van der Waals surface area contributed by atoms with Crippen molar-refractivity contribution in [3.05, 3.63) is 46.6 Å². The van der Waals surface area contributed by atoms with E-state index in [0.29, 0.717) is 6.26 Å². The van der Waals surface area contributed by atoms with E-state index in [1.54, 1.807) is 0 Å². The Hall–Kier alpha value is -3.16. The van der Waals surface area contributed by atoms with Crippen molar-refractivity contribution in [1.29, 1.82) is 0 Å². The van der Waals surface area contributed by atoms with E-state index in [1.807, 2.05) is 0 Å². The van der Waals surface area contributed by atoms with E-state index in [0.717, 1.165) is 18.2 Å². The molecular formula is C16H11ClF6N4O4. The first-order chi connectivity index (χ1) is 14.3. The fraction of sp³-hybridized carbons (Fsp3) is 0.312. The van der Waals surface area contributed by atoms with Gasteiger partial charge in [-0.05, 0) is 17.7 Å². The lowest BCUT2D eigenvalue weighted by atomic mass is 10.0. The Morgan fingerprint density at radius 2 is 2.00 bits per heavy atom. The van der Waals surface area contributed by atoms with Gasteiger partial charge in [-0.1, -0.05) is 17.7 Å². The highest BCUT2D eigenvalue weighted by Gasteiger charge is 2.39. The fourth-order valence-corrected chi connectivity index (χ4v) is 2.86. The minimum absolute atomic E-state index is 0.0211. The number of oxazole rings is 1. The molecule has 0 saturated carbocycles. The SMILES string of the molecule is O=C1NC[C@@H](C(=O)N[C@H](c2ccc(OC(F)(F)F)c(Cl)c2)c2coc(C(F)(F)F)n2)N1. The Labute approximate surface area is 173 Å². The molecule has 2 atom stereocenters. The van der Waals surface area contributed by atoms with Crippen molar-refractivity contribution in [3.8, 4) is 5.75 Å². The van der Waals surface area contributed by atoms with Gasteiger partial charge in [-0.25, -0.2) is 9.78 Å². The second-order valence-corrected chi connectivity index (χ2v) is 6.57. The van der Waals surface area contributed by atoms with Crippen LogP contribution in [0.2, 0.25) is 5.02 Å². The molecule has 1 fully saturated rings. The van der Waals surface area contributed by atoms with Crippen LogP contribution in [0.1, 0.15) is 23.2 Å². The number of hydrogen-bond donors (Lipinski definition) is 3. The van der Waals surface area contributed by atoms with Gasteiger partial charge in [0.05, 0.1) is 11.1 Å². The molecule has 31 heavy (non-hydrogen) atoms. The van der Waals surface area contributed by atoms with Crippen molar-refractivity contribution in [2.75, 3.05) is 6.54 Å². The van der Waals surface area contributed by atoms with Crippen molar-refractivity contribution in [2.45, 2.75) is 24.6 Å². The van der Waals surface area contributed by atoms with Crippen molar-refractivity contribution in [3.63, 3.8) is 0 Å². The molecule has 1 aliphatic rings. The average molecular weight is 473 g/mol. The summed E-state index contributed by atoms with van der Waals surface area (Å²) in [5, 5.41) is 6.45. The fourth-order valence-electron chi connectivity index (χ4n) is 2.64. The van der Waals surface area contributed by atoms with Crippen LogP contribution in [-0.2, 0) is 11.0 Å². The maximum atomic E-state index is 12.8. The highest BCUT2D eigenvalue weighted by atomic mass is 35.5. The third kappa shape index (κ3) is 5.51. The van der Waals surface area contributed by atoms with Gasteiger partial charge in [0.15, 0.2) is 0 Å². The second-order valence-electron chi connectivity index (χ2n) is 6.16. The largest absolute Gasteiger partial charge is 0.573 e. The lowest BCUT2D eigenvalue weighted by Gasteiger charge is -2.20. The third-order valence-electron chi connectivity index (χ3n) is 3.95. The number of aromatic nitrogens is 1. The van der Waals surface area contributed by atoms with Crippen LogP contribution in [0.15, 0.2) is 28.9 Å². The third-order valence-corrected chi connectivity index (χ3v) is 4.25. The molecule has 1 saturated heterocycles. The minimum atomic E-state index is -5.03. The molecule has 0 spiro atoms. The smallest absolute Gasteiger partial charge is 0.441 e. The van der Waals surface area contributed by atoms with Gasteiger partial charge in [0.1, 0.15) is 23.7 Å². The van der Waals surface area contributed by atoms with E-state index in [1.165, 1.54) is 0 Å². The summed E-state index contributed by atoms with van der Waals surface area (Å²) >= 11 is 5.80. The number of amides is 3. The second kappa shape index (κ2) is 8.17. The summed E-state index contributed by atoms with van der Waals surface area (Å²) in [5.41, 5.74) is -0.425. The number of alkyl halides is 6. The predicted molar refractivity (Wildman–Crippen MR) is 89.9 cm³/mol. The van der Waals surface area contributed by atoms with Crippen LogP contribution in [0, 0.1) is 0 Å². The molecule has 1 aromatic heterocycles. The van der Waals surface area contributed by atoms with Crippen LogP contribution in [0.4, 0.5) is 31.1 Å². The predicted octanol–water partition coefficient (Wildman–Crippen LogP) is 3.13. The van der Waals surface area contributed by atoms with Gasteiger partial charge in [-0.2, -0.15) is 13.2 Å². The van der Waals surface area contributed by atoms with E-state index >= 15 is 0 Å². The first-order valence-corrected chi connectivity index (χ1v) is 8.64. The van der Waals surface area contributed by atoms with Crippen LogP contribution in [0.3, 0.4) is 0 Å². The van der Waals surface area contributed by atoms with E-state index in [4.69, 9.17) is 11.6 Å². The van der Waals surface area contributed by atoms with E-state index in [-0.39, 0.29) is 12.1 Å². The zero-order valence-electron chi connectivity index (χ0n) is 14.9. The van der Waals surface area contributed by atoms with Crippen molar-refractivity contribution in [1.82, 2.24) is 20.9 Å². The van der Waals surface area contributed by atoms with E-state index < -0.39 is 58.9 Å². The maximum absolute atomic E-state index is 12.8. The molecule has 168 valence electrons. The van der Waals surface area contributed by atoms with Gasteiger partial charge < -0.3 is 25.1 Å². The zero-order valence-corrected chi connectivity index (χ0v) is 15.7. The highest BCUT2D eigenvalue weighted by molar-refractivity contribution is 6.32. The molecule has 8 nitrogen and oxygen atoms in total. The van der Waals surface area contributed by atoms with Gasteiger partial charge >= 0.3 is 24.5 Å². The lowest BCUT2D eigenvalue weighted by Crippen LogP contribution is -2.44. The topological polar surface area (TPSA) is 105 Å². The highest BCUT2D eigenvalue weighted by Crippen LogP contribution is 2.35. The average Bonchev–Trinajstić information content (AvgIpc) is 3.29. The number of carbonyl (C=O) groups excluding carboxylic acids is 2. The first-order valence-electron chi connectivity index (χ1n) is 8.26. The Kier molecular flexibility index (Phi) is 5.93. The summed E-state index contributed by atoms with van der Waals surface area (Å²) in [7, 11) is 0. The van der Waals surface area contributed by atoms with Crippen molar-refractivity contribution in [2.24, 2.45) is 0 Å². The maximum Gasteiger partial charge on any atom is 0.573 e. The molecule has 0 bridgehead atoms. The van der Waals surface area contributed by atoms with Gasteiger partial charge in [-0.3, -0.25) is 4.79 Å². The Morgan fingerprint density at radius 1 is 1.29 bits per heavy atom. The Morgan fingerprint density at radius 3 is 2.52 bits per heavy atom. The van der Waals surface area contributed by atoms with Crippen LogP contribution < -0.4 is 20.7 Å². The molecular weight excluding hydrogens is 462 g/mol. The lowest BCUT2D eigenvalue weighted by molar-refractivity contribution is -0.274. The van der Waals surface area contributed by atoms with Gasteiger partial charge in [0.25, 0.3) is 0 Å². The van der Waals surface area contributed by atoms with Crippen molar-refractivity contribution >= 4 is 23.5 Å². The summed E-state index contributed by atoms with van der Waals surface area (Å²) in [5.74, 6) is -3.15. The van der Waals surface area contributed by atoms with Crippen LogP contribution in [-0.4, -0.2) is 35.9 Å². The number of halogens is 7. The number of nitrogens with one attached hydrogen (secondary N) is 3. The number of urea groups is 1. The standard InChI is InChI=1S/C16H11ClF6N4O4/c17-7-3-6(1-2-10(7)31-16(21,22)23)11(9-5-30-13(25-9)15(18,19)20)27-12(28)8-4-24-14(29)26-8/h1-3,5,8,11H,4H2,(H,27,28)(H2,24,26,29)/t8-,11+/m0/s1. The van der Waals surface area contributed by atoms with Crippen LogP contribution in [0.25, 0.3) is 0 Å². The summed E-state index contributed by atoms with van der Waals surface area (Å²) in [6.07, 6.45) is -9.31. The van der Waals surface area contributed by atoms with E-state index in [9.17, 15) is 35.9 Å². The van der Waals surface area contributed by atoms with Crippen LogP contribution in [0.5, 0.6) is 5.75 Å². The summed E-state index contributed by atoms with van der Waals surface area (Å²) in [4.78, 5) is 27.0. The van der Waals surface area contributed by atoms with Gasteiger partial charge in [-0.15, -0.1) is 13.2 Å². The zero-order chi connectivity index (χ0) is 23.0. The molecule has 2 aromatic rings. The normalized spacial score (nSPS) is 17.6. The summed E-state index contributed by atoms with van der Waals surface area (Å²) in [6, 6.07) is -0.246. The molecule has 15 heteroatoms. The quantitative estimate of drug-likeness (QED) is 0.580. The number of ether oxygens (including phenoxy) is 1. The molecule has 3 amide bonds. The molecule has 1 aliphatic heterocycles. The van der Waals surface area contributed by atoms with Crippen LogP contribution >= 0.6 is 11.6 Å². The van der Waals surface area contributed by atoms with Crippen molar-refractivity contribution < 1.29 is 45.1 Å². The summed E-state index contributed by atoms with van der Waals surface area (Å²) in [6.45, 7) is -0.0941. The summed E-state index contributed by atoms with van der Waals surface area (Å²) < 4.78 is 84.0. The molecule has 0 unspecified atom stereocenters. The number of nitrogens with zero attached hydrogens (tertiary/aromatic N) is 1. The number of benzene rings is 1. The molecule has 3 N–H and O–H groups in total. The molecule has 2 heterocycles. The number of rotatable bonds is 5. The number of carbonyl (C=O) groups is 2. The molecule has 1 aromatic carbocycles. The Balaban J connectivity index is 1.93. The Bertz CT molecular complexity index is 993. The van der Waals surface area contributed by atoms with E-state index in [2.05, 4.69) is 30.1 Å². The minimum Gasteiger partial charge on any atom is -0.441 e. The number of hydrogen-bond acceptors (Lipinski definition) is 5. The molecule has 0 aliphatic carbocycles. The van der Waals surface area contributed by atoms with Gasteiger partial charge in [0, 0.05) is 6.54 Å². The molecule has 0 radical (unpaired) electrons. The monoisotopic (exact) mass is 472 g/mol. The van der Waals surface area contributed by atoms with Gasteiger partial charge in [0.2, 0.25) is 5.91 Å². The first kappa shape index (κ1) is 22.5. The molecule has 3 rings (SSSR count).